The maximum absolute atomic E-state index is 13.0. The molecule has 3 nitrogen and oxygen atoms in total. The van der Waals surface area contributed by atoms with Gasteiger partial charge in [-0.3, -0.25) is 0 Å². The second-order valence-corrected chi connectivity index (χ2v) is 6.46. The summed E-state index contributed by atoms with van der Waals surface area (Å²) < 4.78 is 228. The van der Waals surface area contributed by atoms with E-state index in [0.717, 1.165) is 0 Å². The molecule has 19 heteroatoms. The molecule has 0 amide bonds. The van der Waals surface area contributed by atoms with Crippen LogP contribution in [0, 0.1) is 0 Å². The Kier molecular flexibility index (Phi) is 5.91. The Labute approximate surface area is 153 Å². The Bertz CT molecular complexity index is 888. The van der Waals surface area contributed by atoms with Crippen LogP contribution in [0.5, 0.6) is 0 Å². The van der Waals surface area contributed by atoms with Crippen LogP contribution < -0.4 is 0 Å². The van der Waals surface area contributed by atoms with Gasteiger partial charge in [-0.1, -0.05) is 0 Å². The predicted molar refractivity (Wildman–Crippen MR) is 59.4 cm³/mol. The quantitative estimate of drug-likeness (QED) is 0.371. The fourth-order valence-electron chi connectivity index (χ4n) is 2.37. The van der Waals surface area contributed by atoms with Crippen LogP contribution in [-0.2, 0) is 41.0 Å². The monoisotopic (exact) mass is 497 g/mol. The number of hydrogen-bond donors (Lipinski definition) is 0. The highest BCUT2D eigenvalue weighted by Gasteiger charge is 2.61. The van der Waals surface area contributed by atoms with Crippen molar-refractivity contribution in [3.05, 3.63) is 27.8 Å². The maximum Gasteiger partial charge on any atom is 0.418 e. The molecule has 0 spiro atoms. The second kappa shape index (κ2) is 6.79. The van der Waals surface area contributed by atoms with Crippen LogP contribution in [0.1, 0.15) is 27.8 Å². The van der Waals surface area contributed by atoms with E-state index in [-0.39, 0.29) is 0 Å². The number of benzene rings is 1. The van der Waals surface area contributed by atoms with Gasteiger partial charge in [0.2, 0.25) is 0 Å². The Balaban J connectivity index is 4.94. The van der Waals surface area contributed by atoms with Crippen LogP contribution >= 0.6 is 0 Å². The van der Waals surface area contributed by atoms with Crippen LogP contribution in [-0.4, -0.2) is 13.0 Å². The molecule has 0 fully saturated rings. The molecule has 1 aromatic rings. The van der Waals surface area contributed by atoms with E-state index < -0.39 is 73.7 Å². The van der Waals surface area contributed by atoms with E-state index in [9.17, 15) is 78.8 Å². The zero-order chi connectivity index (χ0) is 24.5. The molecule has 0 aliphatic carbocycles. The summed E-state index contributed by atoms with van der Waals surface area (Å²) in [5, 5.41) is 0. The van der Waals surface area contributed by atoms with Gasteiger partial charge in [0.15, 0.2) is 0 Å². The predicted octanol–water partition coefficient (Wildman–Crippen LogP) is 5.68. The zero-order valence-corrected chi connectivity index (χ0v) is 13.6. The van der Waals surface area contributed by atoms with Gasteiger partial charge in [-0.05, 0) is 0 Å². The third-order valence-electron chi connectivity index (χ3n) is 3.12. The highest BCUT2D eigenvalue weighted by molar-refractivity contribution is 7.85. The van der Waals surface area contributed by atoms with Gasteiger partial charge < -0.3 is 4.55 Å². The summed E-state index contributed by atoms with van der Waals surface area (Å²) >= 11 is 0. The fraction of sp³-hybridized carbons (Fsp3) is 0.455. The van der Waals surface area contributed by atoms with E-state index in [2.05, 4.69) is 0 Å². The fourth-order valence-corrected chi connectivity index (χ4v) is 3.30. The van der Waals surface area contributed by atoms with Gasteiger partial charge >= 0.3 is 30.9 Å². The minimum Gasteiger partial charge on any atom is -0.744 e. The normalized spacial score (nSPS) is 14.9. The molecule has 0 saturated carbocycles. The third kappa shape index (κ3) is 4.86. The average molecular weight is 497 g/mol. The molecular weight excluding hydrogens is 497 g/mol. The molecule has 0 heterocycles. The summed E-state index contributed by atoms with van der Waals surface area (Å²) in [6.45, 7) is 0. The third-order valence-corrected chi connectivity index (χ3v) is 4.03. The Morgan fingerprint density at radius 1 is 0.433 bits per heavy atom. The number of halogens is 15. The largest absolute Gasteiger partial charge is 0.744 e. The molecular formula is C11F15O3S-. The number of rotatable bonds is 1. The first kappa shape index (κ1) is 26.1. The van der Waals surface area contributed by atoms with Crippen molar-refractivity contribution in [1.29, 1.82) is 0 Å². The summed E-state index contributed by atoms with van der Waals surface area (Å²) in [5.41, 5.74) is -22.2. The van der Waals surface area contributed by atoms with Gasteiger partial charge in [-0.25, -0.2) is 8.42 Å². The molecule has 0 N–H and O–H groups in total. The smallest absolute Gasteiger partial charge is 0.418 e. The summed E-state index contributed by atoms with van der Waals surface area (Å²) in [7, 11) is -7.52. The standard InChI is InChI=1S/C11HF15O3S/c12-7(13,14)1-2(8(15,16)17)4(10(21,22)23)6(30(27,28)29)5(11(24,25)26)3(1)9(18,19)20/h(H,27,28,29)/p-1. The van der Waals surface area contributed by atoms with Crippen molar-refractivity contribution in [2.24, 2.45) is 0 Å². The molecule has 30 heavy (non-hydrogen) atoms. The molecule has 0 aliphatic rings. The van der Waals surface area contributed by atoms with Crippen LogP contribution in [0.15, 0.2) is 4.90 Å². The first-order valence-electron chi connectivity index (χ1n) is 6.29. The van der Waals surface area contributed by atoms with Crippen LogP contribution in [0.4, 0.5) is 65.9 Å². The molecule has 0 radical (unpaired) electrons. The molecule has 1 rings (SSSR count). The Hall–Kier alpha value is -1.92. The minimum absolute atomic E-state index is 4.19. The lowest BCUT2D eigenvalue weighted by Crippen LogP contribution is -2.34. The first-order chi connectivity index (χ1) is 12.7. The highest BCUT2D eigenvalue weighted by atomic mass is 32.2. The van der Waals surface area contributed by atoms with Gasteiger partial charge in [0, 0.05) is 0 Å². The molecule has 0 aliphatic heterocycles. The van der Waals surface area contributed by atoms with E-state index >= 15 is 0 Å². The van der Waals surface area contributed by atoms with Crippen molar-refractivity contribution in [2.45, 2.75) is 35.8 Å². The molecule has 0 bridgehead atoms. The van der Waals surface area contributed by atoms with E-state index in [1.54, 1.807) is 0 Å². The van der Waals surface area contributed by atoms with Gasteiger partial charge in [0.05, 0.1) is 32.7 Å². The maximum atomic E-state index is 13.0. The van der Waals surface area contributed by atoms with Crippen LogP contribution in [0.2, 0.25) is 0 Å². The lowest BCUT2D eigenvalue weighted by atomic mass is 9.89. The summed E-state index contributed by atoms with van der Waals surface area (Å²) in [6, 6.07) is 0. The van der Waals surface area contributed by atoms with Crippen molar-refractivity contribution in [3.63, 3.8) is 0 Å². The lowest BCUT2D eigenvalue weighted by molar-refractivity contribution is -0.191. The van der Waals surface area contributed by atoms with Gasteiger partial charge in [-0.2, -0.15) is 65.9 Å². The second-order valence-electron chi connectivity index (χ2n) is 5.15. The zero-order valence-electron chi connectivity index (χ0n) is 12.8. The van der Waals surface area contributed by atoms with E-state index in [1.807, 2.05) is 0 Å². The molecule has 0 saturated heterocycles. The summed E-state index contributed by atoms with van der Waals surface area (Å²) in [4.78, 5) is -4.19. The van der Waals surface area contributed by atoms with Crippen LogP contribution in [0.25, 0.3) is 0 Å². The average Bonchev–Trinajstić information content (AvgIpc) is 2.37. The summed E-state index contributed by atoms with van der Waals surface area (Å²) in [6.07, 6.45) is -35.6. The SMILES string of the molecule is O=S(=O)([O-])c1c(C(F)(F)F)c(C(F)(F)F)c(C(F)(F)F)c(C(F)(F)F)c1C(F)(F)F. The van der Waals surface area contributed by atoms with Crippen molar-refractivity contribution >= 4 is 10.1 Å². The lowest BCUT2D eigenvalue weighted by Gasteiger charge is -2.31. The van der Waals surface area contributed by atoms with Gasteiger partial charge in [0.25, 0.3) is 0 Å². The van der Waals surface area contributed by atoms with Crippen molar-refractivity contribution < 1.29 is 78.8 Å². The van der Waals surface area contributed by atoms with Crippen LogP contribution in [0.3, 0.4) is 0 Å². The van der Waals surface area contributed by atoms with E-state index in [1.165, 1.54) is 0 Å². The van der Waals surface area contributed by atoms with Crippen molar-refractivity contribution in [1.82, 2.24) is 0 Å². The van der Waals surface area contributed by atoms with Gasteiger partial charge in [-0.15, -0.1) is 0 Å². The topological polar surface area (TPSA) is 57.2 Å². The Morgan fingerprint density at radius 2 is 0.600 bits per heavy atom. The molecule has 0 unspecified atom stereocenters. The summed E-state index contributed by atoms with van der Waals surface area (Å²) in [5.74, 6) is 0. The number of hydrogen-bond acceptors (Lipinski definition) is 3. The molecule has 174 valence electrons. The minimum atomic E-state index is -7.52. The number of alkyl halides is 15. The van der Waals surface area contributed by atoms with E-state index in [4.69, 9.17) is 0 Å². The van der Waals surface area contributed by atoms with Gasteiger partial charge in [0.1, 0.15) is 10.1 Å². The molecule has 0 aromatic heterocycles. The first-order valence-corrected chi connectivity index (χ1v) is 7.70. The van der Waals surface area contributed by atoms with Crippen molar-refractivity contribution in [3.8, 4) is 0 Å². The molecule has 0 atom stereocenters. The van der Waals surface area contributed by atoms with E-state index in [0.29, 0.717) is 0 Å². The Morgan fingerprint density at radius 3 is 0.733 bits per heavy atom. The highest BCUT2D eigenvalue weighted by Crippen LogP contribution is 2.57. The van der Waals surface area contributed by atoms with Crippen molar-refractivity contribution in [2.75, 3.05) is 0 Å². The molecule has 1 aromatic carbocycles.